The van der Waals surface area contributed by atoms with Crippen molar-refractivity contribution in [3.8, 4) is 0 Å². The van der Waals surface area contributed by atoms with Crippen LogP contribution in [-0.4, -0.2) is 36.5 Å². The fourth-order valence-electron chi connectivity index (χ4n) is 3.07. The summed E-state index contributed by atoms with van der Waals surface area (Å²) in [5.41, 5.74) is -1.58. The van der Waals surface area contributed by atoms with Gasteiger partial charge in [-0.25, -0.2) is 0 Å². The van der Waals surface area contributed by atoms with E-state index in [0.29, 0.717) is 32.7 Å². The summed E-state index contributed by atoms with van der Waals surface area (Å²) in [6.07, 6.45) is 4.52. The summed E-state index contributed by atoms with van der Waals surface area (Å²) in [4.78, 5) is 12.1. The molecule has 0 aromatic heterocycles. The van der Waals surface area contributed by atoms with E-state index < -0.39 is 11.0 Å². The van der Waals surface area contributed by atoms with Crippen LogP contribution in [0.3, 0.4) is 0 Å². The van der Waals surface area contributed by atoms with Crippen molar-refractivity contribution >= 4 is 5.97 Å². The predicted octanol–water partition coefficient (Wildman–Crippen LogP) is 1.65. The number of aliphatic hydroxyl groups is 1. The summed E-state index contributed by atoms with van der Waals surface area (Å²) in [6, 6.07) is 0. The molecule has 17 heavy (non-hydrogen) atoms. The summed E-state index contributed by atoms with van der Waals surface area (Å²) in [5, 5.41) is 10.8. The van der Waals surface area contributed by atoms with E-state index in [0.717, 1.165) is 25.7 Å². The Morgan fingerprint density at radius 3 is 2.59 bits per heavy atom. The van der Waals surface area contributed by atoms with Crippen LogP contribution in [0, 0.1) is 5.41 Å². The zero-order chi connectivity index (χ0) is 12.4. The number of carbonyl (C=O) groups excluding carboxylic acids is 1. The highest BCUT2D eigenvalue weighted by atomic mass is 16.5. The van der Waals surface area contributed by atoms with Gasteiger partial charge in [-0.05, 0) is 32.6 Å². The van der Waals surface area contributed by atoms with Gasteiger partial charge in [-0.1, -0.05) is 6.42 Å². The summed E-state index contributed by atoms with van der Waals surface area (Å²) < 4.78 is 10.5. The van der Waals surface area contributed by atoms with E-state index in [9.17, 15) is 9.90 Å². The summed E-state index contributed by atoms with van der Waals surface area (Å²) in [6.45, 7) is 3.41. The standard InChI is InChI=1S/C13H22O4/c1-2-17-11(14)12(5-3-6-12)13(15)7-4-9-16-10-8-13/h15H,2-10H2,1H3. The van der Waals surface area contributed by atoms with Gasteiger partial charge in [0.25, 0.3) is 0 Å². The second-order valence-corrected chi connectivity index (χ2v) is 5.15. The highest BCUT2D eigenvalue weighted by Crippen LogP contribution is 2.53. The van der Waals surface area contributed by atoms with Crippen LogP contribution in [0.4, 0.5) is 0 Å². The molecular formula is C13H22O4. The molecule has 1 heterocycles. The lowest BCUT2D eigenvalue weighted by Crippen LogP contribution is -2.58. The number of hydrogen-bond acceptors (Lipinski definition) is 4. The third-order valence-electron chi connectivity index (χ3n) is 4.30. The monoisotopic (exact) mass is 242 g/mol. The normalized spacial score (nSPS) is 32.4. The third-order valence-corrected chi connectivity index (χ3v) is 4.30. The van der Waals surface area contributed by atoms with Gasteiger partial charge in [0.05, 0.1) is 17.6 Å². The zero-order valence-electron chi connectivity index (χ0n) is 10.5. The van der Waals surface area contributed by atoms with Gasteiger partial charge in [-0.15, -0.1) is 0 Å². The zero-order valence-corrected chi connectivity index (χ0v) is 10.5. The molecule has 4 nitrogen and oxygen atoms in total. The topological polar surface area (TPSA) is 55.8 Å². The first-order chi connectivity index (χ1) is 8.15. The second-order valence-electron chi connectivity index (χ2n) is 5.15. The van der Waals surface area contributed by atoms with E-state index in [4.69, 9.17) is 9.47 Å². The molecule has 0 bridgehead atoms. The molecule has 1 N–H and O–H groups in total. The van der Waals surface area contributed by atoms with Crippen LogP contribution >= 0.6 is 0 Å². The molecule has 1 aliphatic carbocycles. The molecule has 1 saturated carbocycles. The number of rotatable bonds is 3. The van der Waals surface area contributed by atoms with E-state index in [1.54, 1.807) is 0 Å². The van der Waals surface area contributed by atoms with Crippen LogP contribution in [0.2, 0.25) is 0 Å². The number of hydrogen-bond donors (Lipinski definition) is 1. The number of ether oxygens (including phenoxy) is 2. The molecule has 0 aromatic carbocycles. The third kappa shape index (κ3) is 2.08. The van der Waals surface area contributed by atoms with E-state index in [2.05, 4.69) is 0 Å². The van der Waals surface area contributed by atoms with Gasteiger partial charge >= 0.3 is 5.97 Å². The lowest BCUT2D eigenvalue weighted by molar-refractivity contribution is -0.193. The van der Waals surface area contributed by atoms with Gasteiger partial charge in [0, 0.05) is 19.6 Å². The quantitative estimate of drug-likeness (QED) is 0.765. The fourth-order valence-corrected chi connectivity index (χ4v) is 3.07. The molecule has 1 aliphatic heterocycles. The molecule has 0 radical (unpaired) electrons. The van der Waals surface area contributed by atoms with Gasteiger partial charge in [0.1, 0.15) is 0 Å². The Hall–Kier alpha value is -0.610. The van der Waals surface area contributed by atoms with E-state index in [1.165, 1.54) is 0 Å². The molecule has 1 atom stereocenters. The fraction of sp³-hybridized carbons (Fsp3) is 0.923. The smallest absolute Gasteiger partial charge is 0.314 e. The minimum absolute atomic E-state index is 0.212. The summed E-state index contributed by atoms with van der Waals surface area (Å²) in [7, 11) is 0. The first-order valence-electron chi connectivity index (χ1n) is 6.62. The minimum Gasteiger partial charge on any atom is -0.465 e. The average Bonchev–Trinajstić information content (AvgIpc) is 2.42. The maximum Gasteiger partial charge on any atom is 0.314 e. The molecule has 0 amide bonds. The largest absolute Gasteiger partial charge is 0.465 e. The van der Waals surface area contributed by atoms with Crippen LogP contribution in [0.15, 0.2) is 0 Å². The van der Waals surface area contributed by atoms with Gasteiger partial charge in [-0.3, -0.25) is 4.79 Å². The number of carbonyl (C=O) groups is 1. The first kappa shape index (κ1) is 12.8. The van der Waals surface area contributed by atoms with Crippen molar-refractivity contribution in [2.45, 2.75) is 51.0 Å². The SMILES string of the molecule is CCOC(=O)C1(C2(O)CCCOCC2)CCC1. The van der Waals surface area contributed by atoms with Crippen LogP contribution < -0.4 is 0 Å². The highest BCUT2D eigenvalue weighted by Gasteiger charge is 2.59. The Balaban J connectivity index is 2.17. The maximum atomic E-state index is 12.1. The Labute approximate surface area is 102 Å². The molecule has 0 aromatic rings. The van der Waals surface area contributed by atoms with Crippen molar-refractivity contribution in [2.75, 3.05) is 19.8 Å². The van der Waals surface area contributed by atoms with Gasteiger partial charge in [-0.2, -0.15) is 0 Å². The number of esters is 1. The minimum atomic E-state index is -0.923. The molecule has 0 spiro atoms. The van der Waals surface area contributed by atoms with Crippen LogP contribution in [0.1, 0.15) is 45.4 Å². The molecule has 2 aliphatic rings. The molecule has 98 valence electrons. The van der Waals surface area contributed by atoms with E-state index in [1.807, 2.05) is 6.92 Å². The van der Waals surface area contributed by atoms with Crippen molar-refractivity contribution in [2.24, 2.45) is 5.41 Å². The molecule has 1 unspecified atom stereocenters. The Morgan fingerprint density at radius 1 is 1.24 bits per heavy atom. The Morgan fingerprint density at radius 2 is 2.00 bits per heavy atom. The van der Waals surface area contributed by atoms with Crippen molar-refractivity contribution in [3.05, 3.63) is 0 Å². The van der Waals surface area contributed by atoms with Gasteiger partial charge in [0.15, 0.2) is 0 Å². The van der Waals surface area contributed by atoms with Gasteiger partial charge in [0.2, 0.25) is 0 Å². The second kappa shape index (κ2) is 4.94. The van der Waals surface area contributed by atoms with Crippen molar-refractivity contribution in [1.29, 1.82) is 0 Å². The van der Waals surface area contributed by atoms with Crippen molar-refractivity contribution in [1.82, 2.24) is 0 Å². The summed E-state index contributed by atoms with van der Waals surface area (Å²) >= 11 is 0. The molecular weight excluding hydrogens is 220 g/mol. The Bertz CT molecular complexity index is 275. The van der Waals surface area contributed by atoms with E-state index in [-0.39, 0.29) is 5.97 Å². The van der Waals surface area contributed by atoms with E-state index >= 15 is 0 Å². The lowest BCUT2D eigenvalue weighted by Gasteiger charge is -2.50. The predicted molar refractivity (Wildman–Crippen MR) is 62.5 cm³/mol. The van der Waals surface area contributed by atoms with Gasteiger partial charge < -0.3 is 14.6 Å². The average molecular weight is 242 g/mol. The highest BCUT2D eigenvalue weighted by molar-refractivity contribution is 5.79. The van der Waals surface area contributed by atoms with Crippen molar-refractivity contribution < 1.29 is 19.4 Å². The Kier molecular flexibility index (Phi) is 3.73. The molecule has 2 fully saturated rings. The molecule has 2 rings (SSSR count). The molecule has 1 saturated heterocycles. The summed E-state index contributed by atoms with van der Waals surface area (Å²) in [5.74, 6) is -0.212. The molecule has 4 heteroatoms. The van der Waals surface area contributed by atoms with Crippen LogP contribution in [0.25, 0.3) is 0 Å². The first-order valence-corrected chi connectivity index (χ1v) is 6.62. The van der Waals surface area contributed by atoms with Crippen LogP contribution in [-0.2, 0) is 14.3 Å². The van der Waals surface area contributed by atoms with Crippen LogP contribution in [0.5, 0.6) is 0 Å². The lowest BCUT2D eigenvalue weighted by atomic mass is 9.56. The van der Waals surface area contributed by atoms with Crippen molar-refractivity contribution in [3.63, 3.8) is 0 Å². The maximum absolute atomic E-state index is 12.1.